The van der Waals surface area contributed by atoms with E-state index in [0.717, 1.165) is 10.4 Å². The average molecular weight is 258 g/mol. The zero-order valence-corrected chi connectivity index (χ0v) is 12.0. The van der Waals surface area contributed by atoms with Crippen LogP contribution in [0.25, 0.3) is 0 Å². The normalized spacial score (nSPS) is 16.5. The summed E-state index contributed by atoms with van der Waals surface area (Å²) in [6.45, 7) is 6.71. The predicted octanol–water partition coefficient (Wildman–Crippen LogP) is 2.42. The topological polar surface area (TPSA) is 17.1 Å². The first kappa shape index (κ1) is 10.9. The van der Waals surface area contributed by atoms with Crippen LogP contribution in [0, 0.1) is 6.92 Å². The molecule has 2 heterocycles. The van der Waals surface area contributed by atoms with Gasteiger partial charge in [0.05, 0.1) is 4.88 Å². The van der Waals surface area contributed by atoms with Crippen molar-refractivity contribution >= 4 is 35.6 Å². The predicted molar refractivity (Wildman–Crippen MR) is 75.7 cm³/mol. The molecule has 17 heavy (non-hydrogen) atoms. The molecule has 0 amide bonds. The Hall–Kier alpha value is -1.19. The Kier molecular flexibility index (Phi) is 2.19. The lowest BCUT2D eigenvalue weighted by Gasteiger charge is -2.30. The fraction of sp³-hybridized carbons (Fsp3) is 0.214. The van der Waals surface area contributed by atoms with Crippen LogP contribution < -0.4 is 10.4 Å². The number of aryl methyl sites for hydroxylation is 1. The first-order valence-electron chi connectivity index (χ1n) is 5.75. The summed E-state index contributed by atoms with van der Waals surface area (Å²) >= 11 is 1.59. The Morgan fingerprint density at radius 3 is 2.65 bits per heavy atom. The van der Waals surface area contributed by atoms with Gasteiger partial charge in [0.15, 0.2) is 0 Å². The molecule has 0 fully saturated rings. The van der Waals surface area contributed by atoms with Gasteiger partial charge >= 0.3 is 0 Å². The van der Waals surface area contributed by atoms with Gasteiger partial charge in [-0.05, 0) is 28.7 Å². The number of hydrogen-bond donors (Lipinski definition) is 0. The minimum atomic E-state index is -1.65. The third-order valence-electron chi connectivity index (χ3n) is 3.64. The lowest BCUT2D eigenvalue weighted by molar-refractivity contribution is 0.104. The van der Waals surface area contributed by atoms with Crippen molar-refractivity contribution in [2.45, 2.75) is 20.0 Å². The van der Waals surface area contributed by atoms with Gasteiger partial charge in [0, 0.05) is 5.56 Å². The van der Waals surface area contributed by atoms with Crippen LogP contribution in [0.3, 0.4) is 0 Å². The van der Waals surface area contributed by atoms with Crippen LogP contribution in [0.15, 0.2) is 29.6 Å². The van der Waals surface area contributed by atoms with Crippen LogP contribution >= 0.6 is 11.3 Å². The largest absolute Gasteiger partial charge is 0.288 e. The first-order valence-corrected chi connectivity index (χ1v) is 9.63. The zero-order valence-electron chi connectivity index (χ0n) is 10.2. The molecule has 0 radical (unpaired) electrons. The highest BCUT2D eigenvalue weighted by Gasteiger charge is 2.39. The summed E-state index contributed by atoms with van der Waals surface area (Å²) in [5.74, 6) is 0.223. The molecule has 0 saturated heterocycles. The maximum atomic E-state index is 12.4. The van der Waals surface area contributed by atoms with Gasteiger partial charge in [-0.3, -0.25) is 4.79 Å². The molecule has 0 spiro atoms. The maximum absolute atomic E-state index is 12.4. The minimum Gasteiger partial charge on any atom is -0.288 e. The molecule has 86 valence electrons. The second kappa shape index (κ2) is 3.40. The molecule has 0 atom stereocenters. The third-order valence-corrected chi connectivity index (χ3v) is 8.28. The van der Waals surface area contributed by atoms with Crippen LogP contribution in [0.1, 0.15) is 20.8 Å². The lowest BCUT2D eigenvalue weighted by Crippen LogP contribution is -2.58. The van der Waals surface area contributed by atoms with Crippen molar-refractivity contribution in [3.8, 4) is 0 Å². The molecule has 3 rings (SSSR count). The zero-order chi connectivity index (χ0) is 12.2. The summed E-state index contributed by atoms with van der Waals surface area (Å²) in [5.41, 5.74) is 2.11. The molecular formula is C14H14OSSi. The highest BCUT2D eigenvalue weighted by Crippen LogP contribution is 2.24. The number of ketones is 1. The SMILES string of the molecule is Cc1ccc2c(c1)C(=O)c1sccc1[Si]2(C)C. The van der Waals surface area contributed by atoms with Gasteiger partial charge in [0.1, 0.15) is 8.07 Å². The van der Waals surface area contributed by atoms with Gasteiger partial charge in [-0.25, -0.2) is 0 Å². The van der Waals surface area contributed by atoms with Crippen molar-refractivity contribution < 1.29 is 4.79 Å². The summed E-state index contributed by atoms with van der Waals surface area (Å²) in [6.07, 6.45) is 0. The molecule has 2 aromatic rings. The molecule has 0 saturated carbocycles. The van der Waals surface area contributed by atoms with Crippen molar-refractivity contribution in [2.75, 3.05) is 0 Å². The molecule has 0 N–H and O–H groups in total. The number of thiophene rings is 1. The van der Waals surface area contributed by atoms with Crippen LogP contribution in [0.4, 0.5) is 0 Å². The summed E-state index contributed by atoms with van der Waals surface area (Å²) in [5, 5.41) is 4.65. The standard InChI is InChI=1S/C14H14OSSi/c1-9-4-5-11-10(8-9)13(15)14-12(6-7-16-14)17(11,2)3/h4-8H,1-3H3. The number of benzene rings is 1. The van der Waals surface area contributed by atoms with E-state index in [1.807, 2.05) is 6.92 Å². The third kappa shape index (κ3) is 1.39. The maximum Gasteiger partial charge on any atom is 0.202 e. The van der Waals surface area contributed by atoms with Crippen molar-refractivity contribution in [3.63, 3.8) is 0 Å². The first-order chi connectivity index (χ1) is 8.01. The molecular weight excluding hydrogens is 244 g/mol. The molecule has 1 nitrogen and oxygen atoms in total. The molecule has 0 unspecified atom stereocenters. The quantitative estimate of drug-likeness (QED) is 0.663. The fourth-order valence-corrected chi connectivity index (χ4v) is 7.28. The second-order valence-corrected chi connectivity index (χ2v) is 10.4. The number of carbonyl (C=O) groups excluding carboxylic acids is 1. The number of fused-ring (bicyclic) bond motifs is 2. The van der Waals surface area contributed by atoms with Gasteiger partial charge in [-0.2, -0.15) is 0 Å². The molecule has 1 aliphatic heterocycles. The Morgan fingerprint density at radius 1 is 1.12 bits per heavy atom. The van der Waals surface area contributed by atoms with Gasteiger partial charge in [-0.1, -0.05) is 36.9 Å². The Balaban J connectivity index is 2.36. The highest BCUT2D eigenvalue weighted by atomic mass is 32.1. The van der Waals surface area contributed by atoms with E-state index in [9.17, 15) is 4.79 Å². The molecule has 1 aromatic heterocycles. The van der Waals surface area contributed by atoms with Crippen LogP contribution in [-0.2, 0) is 0 Å². The van der Waals surface area contributed by atoms with Crippen LogP contribution in [-0.4, -0.2) is 13.9 Å². The van der Waals surface area contributed by atoms with E-state index in [-0.39, 0.29) is 5.78 Å². The van der Waals surface area contributed by atoms with Gasteiger partial charge in [0.25, 0.3) is 0 Å². The Labute approximate surface area is 106 Å². The summed E-state index contributed by atoms with van der Waals surface area (Å²) in [7, 11) is -1.65. The van der Waals surface area contributed by atoms with E-state index >= 15 is 0 Å². The number of rotatable bonds is 0. The lowest BCUT2D eigenvalue weighted by atomic mass is 10.1. The van der Waals surface area contributed by atoms with Gasteiger partial charge in [0.2, 0.25) is 5.78 Å². The van der Waals surface area contributed by atoms with Crippen LogP contribution in [0.5, 0.6) is 0 Å². The van der Waals surface area contributed by atoms with Crippen molar-refractivity contribution in [1.82, 2.24) is 0 Å². The summed E-state index contributed by atoms with van der Waals surface area (Å²) < 4.78 is 0. The molecule has 1 aliphatic rings. The number of hydrogen-bond acceptors (Lipinski definition) is 2. The van der Waals surface area contributed by atoms with E-state index in [2.05, 4.69) is 42.7 Å². The Bertz CT molecular complexity index is 625. The second-order valence-electron chi connectivity index (χ2n) is 5.17. The molecule has 0 bridgehead atoms. The van der Waals surface area contributed by atoms with Gasteiger partial charge < -0.3 is 0 Å². The molecule has 1 aromatic carbocycles. The highest BCUT2D eigenvalue weighted by molar-refractivity contribution is 7.17. The van der Waals surface area contributed by atoms with Gasteiger partial charge in [-0.15, -0.1) is 11.3 Å². The van der Waals surface area contributed by atoms with Crippen molar-refractivity contribution in [1.29, 1.82) is 0 Å². The van der Waals surface area contributed by atoms with Crippen LogP contribution in [0.2, 0.25) is 13.1 Å². The van der Waals surface area contributed by atoms with E-state index in [0.29, 0.717) is 0 Å². The van der Waals surface area contributed by atoms with Crippen molar-refractivity contribution in [2.24, 2.45) is 0 Å². The molecule has 0 aliphatic carbocycles. The van der Waals surface area contributed by atoms with Crippen molar-refractivity contribution in [3.05, 3.63) is 45.6 Å². The molecule has 3 heteroatoms. The fourth-order valence-electron chi connectivity index (χ4n) is 2.64. The smallest absolute Gasteiger partial charge is 0.202 e. The van der Waals surface area contributed by atoms with E-state index in [1.165, 1.54) is 15.9 Å². The van der Waals surface area contributed by atoms with E-state index in [4.69, 9.17) is 0 Å². The average Bonchev–Trinajstić information content (AvgIpc) is 2.76. The van der Waals surface area contributed by atoms with E-state index in [1.54, 1.807) is 11.3 Å². The minimum absolute atomic E-state index is 0.223. The summed E-state index contributed by atoms with van der Waals surface area (Å²) in [4.78, 5) is 13.4. The number of carbonyl (C=O) groups is 1. The monoisotopic (exact) mass is 258 g/mol. The summed E-state index contributed by atoms with van der Waals surface area (Å²) in [6, 6.07) is 8.48. The van der Waals surface area contributed by atoms with E-state index < -0.39 is 8.07 Å². The Morgan fingerprint density at radius 2 is 1.88 bits per heavy atom.